The molecule has 0 aliphatic heterocycles. The van der Waals surface area contributed by atoms with Gasteiger partial charge in [0.15, 0.2) is 5.82 Å². The number of nitrogens with zero attached hydrogens (tertiary/aromatic N) is 4. The average Bonchev–Trinajstić information content (AvgIpc) is 2.73. The molecular weight excluding hydrogens is 523 g/mol. The Kier molecular flexibility index (Phi) is 6.74. The molecule has 0 aliphatic carbocycles. The molecule has 0 spiro atoms. The molecule has 1 aromatic carbocycles. The number of carbonyl (C=O) groups excluding carboxylic acids is 1. The Labute approximate surface area is 190 Å². The van der Waals surface area contributed by atoms with Crippen molar-refractivity contribution >= 4 is 56.6 Å². The van der Waals surface area contributed by atoms with Crippen LogP contribution in [0.25, 0.3) is 0 Å². The fourth-order valence-corrected chi connectivity index (χ4v) is 2.80. The van der Waals surface area contributed by atoms with Crippen molar-refractivity contribution in [2.24, 2.45) is 0 Å². The number of anilines is 3. The minimum absolute atomic E-state index is 0.261. The Hall–Kier alpha value is -3.52. The van der Waals surface area contributed by atoms with Crippen molar-refractivity contribution in [2.75, 3.05) is 10.7 Å². The number of rotatable bonds is 6. The summed E-state index contributed by atoms with van der Waals surface area (Å²) in [6.07, 6.45) is -3.22. The zero-order valence-electron chi connectivity index (χ0n) is 15.4. The van der Waals surface area contributed by atoms with Gasteiger partial charge < -0.3 is 5.32 Å². The predicted octanol–water partition coefficient (Wildman–Crippen LogP) is 4.72. The van der Waals surface area contributed by atoms with Crippen LogP contribution >= 0.6 is 27.5 Å². The summed E-state index contributed by atoms with van der Waals surface area (Å²) in [5.74, 6) is -1.71. The van der Waals surface area contributed by atoms with Gasteiger partial charge in [-0.2, -0.15) is 13.2 Å². The van der Waals surface area contributed by atoms with Gasteiger partial charge in [0, 0.05) is 16.2 Å². The van der Waals surface area contributed by atoms with Gasteiger partial charge in [-0.3, -0.25) is 25.8 Å². The third kappa shape index (κ3) is 5.39. The second-order valence-corrected chi connectivity index (χ2v) is 7.26. The molecule has 0 atom stereocenters. The molecule has 0 saturated heterocycles. The highest BCUT2D eigenvalue weighted by Crippen LogP contribution is 2.35. The summed E-state index contributed by atoms with van der Waals surface area (Å²) < 4.78 is 39.1. The smallest absolute Gasteiger partial charge is 0.318 e. The first-order valence-electron chi connectivity index (χ1n) is 8.37. The van der Waals surface area contributed by atoms with Gasteiger partial charge in [-0.1, -0.05) is 27.5 Å². The van der Waals surface area contributed by atoms with E-state index in [1.807, 2.05) is 0 Å². The van der Waals surface area contributed by atoms with Crippen LogP contribution in [0.3, 0.4) is 0 Å². The SMILES string of the molecule is O=C(NNc1ncnc(Nc2ncc(C(F)(F)F)cc2Cl)c1[N+](=O)[O-])c1ccc(Br)cc1. The number of hydrogen-bond donors (Lipinski definition) is 3. The van der Waals surface area contributed by atoms with E-state index in [1.54, 1.807) is 12.1 Å². The van der Waals surface area contributed by atoms with Crippen molar-refractivity contribution in [2.45, 2.75) is 6.18 Å². The van der Waals surface area contributed by atoms with Crippen LogP contribution in [0.5, 0.6) is 0 Å². The van der Waals surface area contributed by atoms with Gasteiger partial charge in [0.1, 0.15) is 6.33 Å². The molecule has 0 fully saturated rings. The number of aromatic nitrogens is 3. The lowest BCUT2D eigenvalue weighted by atomic mass is 10.2. The van der Waals surface area contributed by atoms with Crippen LogP contribution in [0.2, 0.25) is 5.02 Å². The maximum atomic E-state index is 12.8. The fourth-order valence-electron chi connectivity index (χ4n) is 2.32. The van der Waals surface area contributed by atoms with E-state index >= 15 is 0 Å². The van der Waals surface area contributed by atoms with E-state index in [4.69, 9.17) is 11.6 Å². The Morgan fingerprint density at radius 1 is 1.09 bits per heavy atom. The van der Waals surface area contributed by atoms with Crippen molar-refractivity contribution in [1.29, 1.82) is 0 Å². The fraction of sp³-hybridized carbons (Fsp3) is 0.0588. The van der Waals surface area contributed by atoms with Crippen molar-refractivity contribution in [1.82, 2.24) is 20.4 Å². The number of hydrogen-bond acceptors (Lipinski definition) is 8. The minimum Gasteiger partial charge on any atom is -0.318 e. The lowest BCUT2D eigenvalue weighted by Gasteiger charge is -2.12. The second-order valence-electron chi connectivity index (χ2n) is 5.94. The van der Waals surface area contributed by atoms with E-state index in [0.29, 0.717) is 12.3 Å². The monoisotopic (exact) mass is 531 g/mol. The van der Waals surface area contributed by atoms with Crippen molar-refractivity contribution in [3.63, 3.8) is 0 Å². The molecule has 32 heavy (non-hydrogen) atoms. The number of alkyl halides is 3. The number of nitrogens with one attached hydrogen (secondary N) is 3. The molecule has 2 heterocycles. The van der Waals surface area contributed by atoms with Gasteiger partial charge in [-0.15, -0.1) is 0 Å². The van der Waals surface area contributed by atoms with Crippen LogP contribution in [-0.4, -0.2) is 25.8 Å². The van der Waals surface area contributed by atoms with Crippen LogP contribution in [0.1, 0.15) is 15.9 Å². The molecule has 0 aliphatic rings. The van der Waals surface area contributed by atoms with Gasteiger partial charge >= 0.3 is 11.9 Å². The number of pyridine rings is 1. The van der Waals surface area contributed by atoms with Crippen LogP contribution in [-0.2, 0) is 6.18 Å². The normalized spacial score (nSPS) is 11.0. The Bertz CT molecular complexity index is 1180. The largest absolute Gasteiger partial charge is 0.417 e. The Morgan fingerprint density at radius 3 is 2.34 bits per heavy atom. The first-order chi connectivity index (χ1) is 15.1. The summed E-state index contributed by atoms with van der Waals surface area (Å²) in [4.78, 5) is 33.9. The number of nitro groups is 1. The van der Waals surface area contributed by atoms with Crippen molar-refractivity contribution in [3.05, 3.63) is 73.6 Å². The summed E-state index contributed by atoms with van der Waals surface area (Å²) in [5.41, 5.74) is 3.05. The summed E-state index contributed by atoms with van der Waals surface area (Å²) in [6, 6.07) is 6.90. The lowest BCUT2D eigenvalue weighted by molar-refractivity contribution is -0.383. The summed E-state index contributed by atoms with van der Waals surface area (Å²) in [5, 5.41) is 13.5. The maximum Gasteiger partial charge on any atom is 0.417 e. The molecule has 0 radical (unpaired) electrons. The molecule has 0 unspecified atom stereocenters. The Balaban J connectivity index is 1.84. The van der Waals surface area contributed by atoms with E-state index in [2.05, 4.69) is 47.1 Å². The number of benzene rings is 1. The summed E-state index contributed by atoms with van der Waals surface area (Å²) >= 11 is 9.06. The molecule has 15 heteroatoms. The summed E-state index contributed by atoms with van der Waals surface area (Å²) in [6.45, 7) is 0. The minimum atomic E-state index is -4.67. The van der Waals surface area contributed by atoms with E-state index in [0.717, 1.165) is 10.8 Å². The third-order valence-electron chi connectivity index (χ3n) is 3.81. The van der Waals surface area contributed by atoms with E-state index in [9.17, 15) is 28.1 Å². The highest BCUT2D eigenvalue weighted by molar-refractivity contribution is 9.10. The number of halogens is 5. The first kappa shape index (κ1) is 23.1. The van der Waals surface area contributed by atoms with Crippen molar-refractivity contribution in [3.8, 4) is 0 Å². The zero-order valence-corrected chi connectivity index (χ0v) is 17.8. The van der Waals surface area contributed by atoms with Gasteiger partial charge in [0.2, 0.25) is 11.6 Å². The molecular formula is C17H10BrClF3N7O3. The molecule has 2 aromatic heterocycles. The van der Waals surface area contributed by atoms with Gasteiger partial charge in [0.05, 0.1) is 15.5 Å². The lowest BCUT2D eigenvalue weighted by Crippen LogP contribution is -2.30. The highest BCUT2D eigenvalue weighted by Gasteiger charge is 2.32. The van der Waals surface area contributed by atoms with Crippen LogP contribution in [0, 0.1) is 10.1 Å². The maximum absolute atomic E-state index is 12.8. The molecule has 3 rings (SSSR count). The molecule has 0 saturated carbocycles. The number of carbonyl (C=O) groups is 1. The average molecular weight is 533 g/mol. The topological polar surface area (TPSA) is 135 Å². The van der Waals surface area contributed by atoms with Gasteiger partial charge in [-0.25, -0.2) is 15.0 Å². The van der Waals surface area contributed by atoms with Crippen LogP contribution < -0.4 is 16.2 Å². The third-order valence-corrected chi connectivity index (χ3v) is 4.63. The molecule has 10 nitrogen and oxygen atoms in total. The molecule has 3 N–H and O–H groups in total. The van der Waals surface area contributed by atoms with Crippen molar-refractivity contribution < 1.29 is 22.9 Å². The van der Waals surface area contributed by atoms with Crippen LogP contribution in [0.4, 0.5) is 36.3 Å². The Morgan fingerprint density at radius 2 is 1.75 bits per heavy atom. The standard InChI is InChI=1S/C17H10BrClF3N7O3/c18-10-3-1-8(2-4-10)16(30)28-27-15-12(29(31)32)14(24-7-25-15)26-13-11(19)5-9(6-23-13)17(20,21)22/h1-7H,(H,28,30)(H2,23,24,25,26,27). The summed E-state index contributed by atoms with van der Waals surface area (Å²) in [7, 11) is 0. The quantitative estimate of drug-likeness (QED) is 0.307. The predicted molar refractivity (Wildman–Crippen MR) is 111 cm³/mol. The van der Waals surface area contributed by atoms with E-state index < -0.39 is 39.1 Å². The van der Waals surface area contributed by atoms with Crippen LogP contribution in [0.15, 0.2) is 47.3 Å². The van der Waals surface area contributed by atoms with Gasteiger partial charge in [0.25, 0.3) is 5.91 Å². The zero-order chi connectivity index (χ0) is 23.5. The number of amides is 1. The van der Waals surface area contributed by atoms with Gasteiger partial charge in [-0.05, 0) is 30.3 Å². The van der Waals surface area contributed by atoms with E-state index in [-0.39, 0.29) is 17.2 Å². The second kappa shape index (κ2) is 9.32. The van der Waals surface area contributed by atoms with E-state index in [1.165, 1.54) is 12.1 Å². The molecule has 1 amide bonds. The molecule has 0 bridgehead atoms. The highest BCUT2D eigenvalue weighted by atomic mass is 79.9. The first-order valence-corrected chi connectivity index (χ1v) is 9.54. The number of hydrazine groups is 1. The molecule has 166 valence electrons. The molecule has 3 aromatic rings.